The van der Waals surface area contributed by atoms with Crippen LogP contribution in [0.5, 0.6) is 0 Å². The fraction of sp³-hybridized carbons (Fsp3) is 1.00. The minimum Gasteiger partial charge on any atom is -0.394 e. The van der Waals surface area contributed by atoms with Gasteiger partial charge in [0, 0.05) is 7.11 Å². The SMILES string of the molecule is COC[C@H]1O[C@@](CO)(O[C@H]2OC(CO)[C@@H](O)C(O)C2O)C(O)C1O. The van der Waals surface area contributed by atoms with Gasteiger partial charge in [-0.25, -0.2) is 0 Å². The first-order chi connectivity index (χ1) is 11.3. The van der Waals surface area contributed by atoms with Crippen molar-refractivity contribution in [1.82, 2.24) is 0 Å². The maximum absolute atomic E-state index is 10.1. The van der Waals surface area contributed by atoms with E-state index in [-0.39, 0.29) is 6.61 Å². The third-order valence-corrected chi connectivity index (χ3v) is 4.22. The molecule has 2 saturated heterocycles. The van der Waals surface area contributed by atoms with Crippen molar-refractivity contribution in [2.75, 3.05) is 26.9 Å². The number of aliphatic hydroxyl groups is 7. The van der Waals surface area contributed by atoms with E-state index in [1.54, 1.807) is 0 Å². The Bertz CT molecular complexity index is 407. The molecule has 11 heteroatoms. The smallest absolute Gasteiger partial charge is 0.224 e. The topological polar surface area (TPSA) is 179 Å². The summed E-state index contributed by atoms with van der Waals surface area (Å²) in [6, 6.07) is 0. The molecule has 0 aromatic heterocycles. The summed E-state index contributed by atoms with van der Waals surface area (Å²) < 4.78 is 20.7. The first kappa shape index (κ1) is 19.9. The van der Waals surface area contributed by atoms with Crippen molar-refractivity contribution in [3.05, 3.63) is 0 Å². The molecule has 0 amide bonds. The molecule has 0 spiro atoms. The van der Waals surface area contributed by atoms with Gasteiger partial charge in [0.1, 0.15) is 49.3 Å². The Morgan fingerprint density at radius 1 is 0.917 bits per heavy atom. The van der Waals surface area contributed by atoms with Crippen LogP contribution in [0.3, 0.4) is 0 Å². The molecule has 2 heterocycles. The maximum atomic E-state index is 10.1. The second-order valence-electron chi connectivity index (χ2n) is 5.83. The van der Waals surface area contributed by atoms with E-state index < -0.39 is 68.0 Å². The van der Waals surface area contributed by atoms with Gasteiger partial charge in [-0.1, -0.05) is 0 Å². The van der Waals surface area contributed by atoms with E-state index in [2.05, 4.69) is 0 Å². The zero-order chi connectivity index (χ0) is 18.1. The highest BCUT2D eigenvalue weighted by atomic mass is 16.8. The van der Waals surface area contributed by atoms with Gasteiger partial charge in [-0.3, -0.25) is 0 Å². The third-order valence-electron chi connectivity index (χ3n) is 4.22. The van der Waals surface area contributed by atoms with Crippen molar-refractivity contribution in [2.24, 2.45) is 0 Å². The molecule has 0 aromatic carbocycles. The molecule has 0 aliphatic carbocycles. The Kier molecular flexibility index (Phi) is 6.50. The van der Waals surface area contributed by atoms with Gasteiger partial charge < -0.3 is 54.7 Å². The van der Waals surface area contributed by atoms with Crippen LogP contribution in [-0.4, -0.2) is 117 Å². The van der Waals surface area contributed by atoms with Gasteiger partial charge in [0.15, 0.2) is 6.29 Å². The van der Waals surface area contributed by atoms with Gasteiger partial charge in [0.2, 0.25) is 5.79 Å². The summed E-state index contributed by atoms with van der Waals surface area (Å²) in [5, 5.41) is 68.3. The predicted octanol–water partition coefficient (Wildman–Crippen LogP) is -4.74. The van der Waals surface area contributed by atoms with E-state index in [4.69, 9.17) is 24.1 Å². The van der Waals surface area contributed by atoms with Crippen LogP contribution in [-0.2, 0) is 18.9 Å². The number of methoxy groups -OCH3 is 1. The van der Waals surface area contributed by atoms with Crippen molar-refractivity contribution in [1.29, 1.82) is 0 Å². The fourth-order valence-electron chi connectivity index (χ4n) is 2.78. The second kappa shape index (κ2) is 7.85. The average molecular weight is 356 g/mol. The molecule has 0 aromatic rings. The highest BCUT2D eigenvalue weighted by Gasteiger charge is 2.58. The molecule has 0 bridgehead atoms. The molecule has 5 unspecified atom stereocenters. The first-order valence-electron chi connectivity index (χ1n) is 7.43. The normalized spacial score (nSPS) is 49.5. The van der Waals surface area contributed by atoms with Crippen LogP contribution in [0, 0.1) is 0 Å². The Balaban J connectivity index is 2.17. The third kappa shape index (κ3) is 3.43. The monoisotopic (exact) mass is 356 g/mol. The van der Waals surface area contributed by atoms with Crippen molar-refractivity contribution >= 4 is 0 Å². The molecule has 2 rings (SSSR count). The van der Waals surface area contributed by atoms with E-state index in [1.807, 2.05) is 0 Å². The first-order valence-corrected chi connectivity index (χ1v) is 7.43. The minimum absolute atomic E-state index is 0.0992. The maximum Gasteiger partial charge on any atom is 0.224 e. The molecule has 9 atom stereocenters. The van der Waals surface area contributed by atoms with Crippen LogP contribution < -0.4 is 0 Å². The van der Waals surface area contributed by atoms with Gasteiger partial charge in [0.25, 0.3) is 0 Å². The summed E-state index contributed by atoms with van der Waals surface area (Å²) >= 11 is 0. The van der Waals surface area contributed by atoms with E-state index >= 15 is 0 Å². The summed E-state index contributed by atoms with van der Waals surface area (Å²) in [5.41, 5.74) is 0. The highest BCUT2D eigenvalue weighted by Crippen LogP contribution is 2.36. The van der Waals surface area contributed by atoms with Crippen LogP contribution in [0.2, 0.25) is 0 Å². The largest absolute Gasteiger partial charge is 0.394 e. The van der Waals surface area contributed by atoms with Gasteiger partial charge in [-0.15, -0.1) is 0 Å². The lowest BCUT2D eigenvalue weighted by Gasteiger charge is -2.43. The lowest BCUT2D eigenvalue weighted by molar-refractivity contribution is -0.383. The zero-order valence-electron chi connectivity index (χ0n) is 13.0. The Hall–Kier alpha value is -0.440. The van der Waals surface area contributed by atoms with E-state index in [1.165, 1.54) is 7.11 Å². The summed E-state index contributed by atoms with van der Waals surface area (Å²) in [4.78, 5) is 0. The van der Waals surface area contributed by atoms with Gasteiger partial charge in [0.05, 0.1) is 13.2 Å². The van der Waals surface area contributed by atoms with Gasteiger partial charge >= 0.3 is 0 Å². The molecule has 11 nitrogen and oxygen atoms in total. The molecular weight excluding hydrogens is 332 g/mol. The molecule has 142 valence electrons. The zero-order valence-corrected chi connectivity index (χ0v) is 13.0. The highest BCUT2D eigenvalue weighted by molar-refractivity contribution is 4.98. The molecule has 2 aliphatic heterocycles. The predicted molar refractivity (Wildman–Crippen MR) is 73.4 cm³/mol. The van der Waals surface area contributed by atoms with Crippen LogP contribution in [0.15, 0.2) is 0 Å². The van der Waals surface area contributed by atoms with Crippen molar-refractivity contribution in [3.63, 3.8) is 0 Å². The Morgan fingerprint density at radius 3 is 2.12 bits per heavy atom. The molecule has 0 saturated carbocycles. The number of rotatable bonds is 6. The van der Waals surface area contributed by atoms with Gasteiger partial charge in [-0.2, -0.15) is 0 Å². The van der Waals surface area contributed by atoms with Crippen LogP contribution in [0.1, 0.15) is 0 Å². The van der Waals surface area contributed by atoms with E-state index in [0.29, 0.717) is 0 Å². The van der Waals surface area contributed by atoms with Gasteiger partial charge in [-0.05, 0) is 0 Å². The molecule has 24 heavy (non-hydrogen) atoms. The average Bonchev–Trinajstić information content (AvgIpc) is 2.81. The molecule has 2 aliphatic rings. The lowest BCUT2D eigenvalue weighted by atomic mass is 9.99. The van der Waals surface area contributed by atoms with Crippen LogP contribution in [0.25, 0.3) is 0 Å². The molecule has 7 N–H and O–H groups in total. The van der Waals surface area contributed by atoms with Crippen molar-refractivity contribution in [3.8, 4) is 0 Å². The summed E-state index contributed by atoms with van der Waals surface area (Å²) in [5.74, 6) is -2.14. The number of hydrogen-bond acceptors (Lipinski definition) is 11. The number of aliphatic hydroxyl groups excluding tert-OH is 7. The second-order valence-corrected chi connectivity index (χ2v) is 5.83. The minimum atomic E-state index is -2.14. The Morgan fingerprint density at radius 2 is 1.58 bits per heavy atom. The van der Waals surface area contributed by atoms with E-state index in [9.17, 15) is 30.6 Å². The molecule has 2 fully saturated rings. The van der Waals surface area contributed by atoms with Crippen molar-refractivity contribution in [2.45, 2.75) is 54.8 Å². The standard InChI is InChI=1S/C13H24O11/c1-21-3-6-8(17)11(20)13(4-15,23-6)24-12-10(19)9(18)7(16)5(2-14)22-12/h5-12,14-20H,2-4H2,1H3/t5?,6-,7-,8?,9?,10?,11?,12-,13+/m1/s1. The summed E-state index contributed by atoms with van der Waals surface area (Å²) in [7, 11) is 1.35. The lowest BCUT2D eigenvalue weighted by Crippen LogP contribution is -2.62. The summed E-state index contributed by atoms with van der Waals surface area (Å²) in [6.45, 7) is -1.67. The molecular formula is C13H24O11. The number of ether oxygens (including phenoxy) is 4. The van der Waals surface area contributed by atoms with Crippen LogP contribution >= 0.6 is 0 Å². The fourth-order valence-corrected chi connectivity index (χ4v) is 2.78. The number of hydrogen-bond donors (Lipinski definition) is 7. The summed E-state index contributed by atoms with van der Waals surface area (Å²) in [6.07, 6.45) is -12.1. The quantitative estimate of drug-likeness (QED) is 0.243. The van der Waals surface area contributed by atoms with Crippen LogP contribution in [0.4, 0.5) is 0 Å². The van der Waals surface area contributed by atoms with E-state index in [0.717, 1.165) is 0 Å². The molecule has 0 radical (unpaired) electrons. The van der Waals surface area contributed by atoms with Crippen molar-refractivity contribution < 1.29 is 54.7 Å². The Labute approximate surface area is 137 Å².